The summed E-state index contributed by atoms with van der Waals surface area (Å²) in [5, 5.41) is 1.32. The van der Waals surface area contributed by atoms with Crippen molar-refractivity contribution in [3.8, 4) is 0 Å². The van der Waals surface area contributed by atoms with Crippen LogP contribution in [0.3, 0.4) is 0 Å². The summed E-state index contributed by atoms with van der Waals surface area (Å²) in [6.45, 7) is 4.22. The molecule has 0 saturated carbocycles. The second kappa shape index (κ2) is 5.65. The van der Waals surface area contributed by atoms with Gasteiger partial charge in [0.1, 0.15) is 11.0 Å². The zero-order valence-corrected chi connectivity index (χ0v) is 12.8. The molecule has 0 spiro atoms. The third kappa shape index (κ3) is 2.80. The minimum Gasteiger partial charge on any atom is -0.352 e. The number of hydrogen-bond donors (Lipinski definition) is 0. The Morgan fingerprint density at radius 3 is 2.74 bits per heavy atom. The summed E-state index contributed by atoms with van der Waals surface area (Å²) in [6, 6.07) is 2.30. The van der Waals surface area contributed by atoms with Crippen LogP contribution in [0.25, 0.3) is 0 Å². The van der Waals surface area contributed by atoms with E-state index in [-0.39, 0.29) is 0 Å². The molecule has 3 nitrogen and oxygen atoms in total. The van der Waals surface area contributed by atoms with Crippen LogP contribution in [0.15, 0.2) is 6.07 Å². The summed E-state index contributed by atoms with van der Waals surface area (Å²) >= 11 is 18.2. The first-order chi connectivity index (χ1) is 9.15. The van der Waals surface area contributed by atoms with Crippen molar-refractivity contribution in [2.75, 3.05) is 31.1 Å². The highest BCUT2D eigenvalue weighted by molar-refractivity contribution is 6.42. The molecule has 0 aromatic carbocycles. The first-order valence-electron chi connectivity index (χ1n) is 6.65. The Kier molecular flexibility index (Phi) is 4.08. The number of halogens is 3. The molecule has 0 N–H and O–H groups in total. The predicted octanol–water partition coefficient (Wildman–Crippen LogP) is 3.72. The highest BCUT2D eigenvalue weighted by Gasteiger charge is 2.30. The van der Waals surface area contributed by atoms with Crippen molar-refractivity contribution in [2.24, 2.45) is 0 Å². The lowest BCUT2D eigenvalue weighted by atomic mass is 9.99. The Labute approximate surface area is 128 Å². The van der Waals surface area contributed by atoms with Crippen LogP contribution in [0.4, 0.5) is 5.82 Å². The smallest absolute Gasteiger partial charge is 0.150 e. The molecule has 104 valence electrons. The first kappa shape index (κ1) is 13.7. The van der Waals surface area contributed by atoms with E-state index in [9.17, 15) is 0 Å². The lowest BCUT2D eigenvalue weighted by molar-refractivity contribution is 0.133. The highest BCUT2D eigenvalue weighted by Crippen LogP contribution is 2.33. The van der Waals surface area contributed by atoms with Gasteiger partial charge in [0.25, 0.3) is 0 Å². The van der Waals surface area contributed by atoms with Gasteiger partial charge < -0.3 is 4.90 Å². The molecule has 3 heterocycles. The van der Waals surface area contributed by atoms with Gasteiger partial charge in [-0.15, -0.1) is 0 Å². The van der Waals surface area contributed by atoms with Crippen molar-refractivity contribution in [1.29, 1.82) is 0 Å². The van der Waals surface area contributed by atoms with E-state index in [1.807, 2.05) is 0 Å². The topological polar surface area (TPSA) is 19.4 Å². The Hall–Kier alpha value is -0.220. The van der Waals surface area contributed by atoms with E-state index >= 15 is 0 Å². The van der Waals surface area contributed by atoms with Crippen molar-refractivity contribution in [3.63, 3.8) is 0 Å². The molecule has 2 fully saturated rings. The van der Waals surface area contributed by atoms with Gasteiger partial charge in [0.2, 0.25) is 0 Å². The summed E-state index contributed by atoms with van der Waals surface area (Å²) in [5.41, 5.74) is 0. The maximum absolute atomic E-state index is 6.25. The molecule has 3 rings (SSSR count). The number of pyridine rings is 1. The summed E-state index contributed by atoms with van der Waals surface area (Å²) in [5.74, 6) is 0.765. The minimum atomic E-state index is 0.326. The molecule has 2 aliphatic rings. The fraction of sp³-hybridized carbons (Fsp3) is 0.615. The van der Waals surface area contributed by atoms with Gasteiger partial charge in [0, 0.05) is 25.7 Å². The zero-order chi connectivity index (χ0) is 13.4. The van der Waals surface area contributed by atoms with Crippen molar-refractivity contribution in [1.82, 2.24) is 9.88 Å². The van der Waals surface area contributed by atoms with Crippen LogP contribution < -0.4 is 4.90 Å². The average Bonchev–Trinajstić information content (AvgIpc) is 2.42. The van der Waals surface area contributed by atoms with E-state index in [0.717, 1.165) is 25.5 Å². The lowest BCUT2D eigenvalue weighted by Crippen LogP contribution is -2.55. The molecule has 6 heteroatoms. The second-order valence-electron chi connectivity index (χ2n) is 5.20. The largest absolute Gasteiger partial charge is 0.352 e. The van der Waals surface area contributed by atoms with Gasteiger partial charge in [0.05, 0.1) is 10.0 Å². The van der Waals surface area contributed by atoms with E-state index in [1.165, 1.54) is 25.8 Å². The van der Waals surface area contributed by atoms with Crippen LogP contribution in [-0.2, 0) is 0 Å². The van der Waals surface area contributed by atoms with Crippen LogP contribution in [0.1, 0.15) is 19.3 Å². The monoisotopic (exact) mass is 319 g/mol. The molecule has 0 bridgehead atoms. The SMILES string of the molecule is Clc1cc(Cl)c(N2CCN3CCCCC3C2)nc1Cl. The molecule has 2 saturated heterocycles. The van der Waals surface area contributed by atoms with Crippen molar-refractivity contribution in [3.05, 3.63) is 21.3 Å². The first-order valence-corrected chi connectivity index (χ1v) is 7.79. The van der Waals surface area contributed by atoms with E-state index in [1.54, 1.807) is 6.07 Å². The summed E-state index contributed by atoms with van der Waals surface area (Å²) in [6.07, 6.45) is 3.90. The van der Waals surface area contributed by atoms with Crippen molar-refractivity contribution in [2.45, 2.75) is 25.3 Å². The molecule has 1 unspecified atom stereocenters. The minimum absolute atomic E-state index is 0.326. The number of hydrogen-bond acceptors (Lipinski definition) is 3. The van der Waals surface area contributed by atoms with Gasteiger partial charge in [0.15, 0.2) is 0 Å². The molecule has 0 aliphatic carbocycles. The summed E-state index contributed by atoms with van der Waals surface area (Å²) in [7, 11) is 0. The van der Waals surface area contributed by atoms with Gasteiger partial charge in [-0.25, -0.2) is 4.98 Å². The van der Waals surface area contributed by atoms with Gasteiger partial charge in [-0.1, -0.05) is 41.2 Å². The number of anilines is 1. The zero-order valence-electron chi connectivity index (χ0n) is 10.6. The summed E-state index contributed by atoms with van der Waals surface area (Å²) < 4.78 is 0. The molecule has 1 aromatic rings. The van der Waals surface area contributed by atoms with Crippen molar-refractivity contribution >= 4 is 40.6 Å². The number of aromatic nitrogens is 1. The van der Waals surface area contributed by atoms with E-state index in [4.69, 9.17) is 34.8 Å². The van der Waals surface area contributed by atoms with Crippen LogP contribution in [-0.4, -0.2) is 42.1 Å². The number of fused-ring (bicyclic) bond motifs is 1. The standard InChI is InChI=1S/C13H16Cl3N3/c14-10-7-11(15)13(17-12(10)16)19-6-5-18-4-2-1-3-9(18)8-19/h7,9H,1-6,8H2. The third-order valence-corrected chi connectivity index (χ3v) is 4.96. The average molecular weight is 321 g/mol. The Bertz CT molecular complexity index is 480. The fourth-order valence-electron chi connectivity index (χ4n) is 3.01. The number of rotatable bonds is 1. The second-order valence-corrected chi connectivity index (χ2v) is 6.37. The fourth-order valence-corrected chi connectivity index (χ4v) is 3.62. The van der Waals surface area contributed by atoms with Gasteiger partial charge in [-0.2, -0.15) is 0 Å². The van der Waals surface area contributed by atoms with Gasteiger partial charge in [-0.3, -0.25) is 4.90 Å². The van der Waals surface area contributed by atoms with Crippen LogP contribution >= 0.6 is 34.8 Å². The number of piperazine rings is 1. The molecule has 1 atom stereocenters. The normalized spacial score (nSPS) is 24.4. The number of nitrogens with zero attached hydrogens (tertiary/aromatic N) is 3. The molecule has 0 radical (unpaired) electrons. The summed E-state index contributed by atoms with van der Waals surface area (Å²) in [4.78, 5) is 9.15. The van der Waals surface area contributed by atoms with E-state index < -0.39 is 0 Å². The van der Waals surface area contributed by atoms with Gasteiger partial charge >= 0.3 is 0 Å². The number of piperidine rings is 1. The van der Waals surface area contributed by atoms with Crippen LogP contribution in [0.5, 0.6) is 0 Å². The molecule has 1 aromatic heterocycles. The third-order valence-electron chi connectivity index (χ3n) is 4.01. The Morgan fingerprint density at radius 2 is 1.89 bits per heavy atom. The molecular weight excluding hydrogens is 305 g/mol. The quantitative estimate of drug-likeness (QED) is 0.735. The van der Waals surface area contributed by atoms with Crippen LogP contribution in [0, 0.1) is 0 Å². The predicted molar refractivity (Wildman–Crippen MR) is 80.7 cm³/mol. The lowest BCUT2D eigenvalue weighted by Gasteiger charge is -2.44. The Balaban J connectivity index is 1.81. The maximum atomic E-state index is 6.25. The molecule has 0 amide bonds. The maximum Gasteiger partial charge on any atom is 0.150 e. The molecular formula is C13H16Cl3N3. The van der Waals surface area contributed by atoms with Crippen molar-refractivity contribution < 1.29 is 0 Å². The van der Waals surface area contributed by atoms with Gasteiger partial charge in [-0.05, 0) is 25.5 Å². The van der Waals surface area contributed by atoms with E-state index in [2.05, 4.69) is 14.8 Å². The Morgan fingerprint density at radius 1 is 1.05 bits per heavy atom. The van der Waals surface area contributed by atoms with E-state index in [0.29, 0.717) is 21.2 Å². The molecule has 2 aliphatic heterocycles. The molecule has 19 heavy (non-hydrogen) atoms. The highest BCUT2D eigenvalue weighted by atomic mass is 35.5. The van der Waals surface area contributed by atoms with Crippen LogP contribution in [0.2, 0.25) is 15.2 Å².